The van der Waals surface area contributed by atoms with Gasteiger partial charge in [-0.2, -0.15) is 0 Å². The SMILES string of the molecule is CCC(C(=O)O)N1C(=O)CCc2cc(-c3ccc(F)cc3F)ccc21. The molecule has 0 saturated heterocycles. The number of halogens is 2. The molecule has 25 heavy (non-hydrogen) atoms. The van der Waals surface area contributed by atoms with Gasteiger partial charge in [0.1, 0.15) is 17.7 Å². The fourth-order valence-electron chi connectivity index (χ4n) is 3.22. The van der Waals surface area contributed by atoms with Crippen molar-refractivity contribution in [3.63, 3.8) is 0 Å². The molecule has 2 aromatic rings. The number of carboxylic acids is 1. The van der Waals surface area contributed by atoms with Crippen LogP contribution in [0.25, 0.3) is 11.1 Å². The number of carboxylic acid groups (broad SMARTS) is 1. The fourth-order valence-corrected chi connectivity index (χ4v) is 3.22. The minimum absolute atomic E-state index is 0.201. The topological polar surface area (TPSA) is 57.6 Å². The summed E-state index contributed by atoms with van der Waals surface area (Å²) < 4.78 is 27.1. The number of hydrogen-bond donors (Lipinski definition) is 1. The highest BCUT2D eigenvalue weighted by Gasteiger charge is 2.33. The first kappa shape index (κ1) is 17.1. The van der Waals surface area contributed by atoms with Crippen molar-refractivity contribution < 1.29 is 23.5 Å². The van der Waals surface area contributed by atoms with E-state index in [0.29, 0.717) is 17.7 Å². The number of anilines is 1. The van der Waals surface area contributed by atoms with Crippen molar-refractivity contribution in [3.8, 4) is 11.1 Å². The highest BCUT2D eigenvalue weighted by Crippen LogP contribution is 2.34. The van der Waals surface area contributed by atoms with Gasteiger partial charge in [0.2, 0.25) is 5.91 Å². The summed E-state index contributed by atoms with van der Waals surface area (Å²) in [5.74, 6) is -2.61. The quantitative estimate of drug-likeness (QED) is 0.918. The maximum Gasteiger partial charge on any atom is 0.326 e. The minimum Gasteiger partial charge on any atom is -0.480 e. The molecular weight excluding hydrogens is 328 g/mol. The average Bonchev–Trinajstić information content (AvgIpc) is 2.57. The van der Waals surface area contributed by atoms with E-state index in [4.69, 9.17) is 0 Å². The summed E-state index contributed by atoms with van der Waals surface area (Å²) in [6.07, 6.45) is 0.943. The molecule has 0 bridgehead atoms. The predicted molar refractivity (Wildman–Crippen MR) is 89.3 cm³/mol. The lowest BCUT2D eigenvalue weighted by molar-refractivity contribution is -0.140. The maximum absolute atomic E-state index is 14.0. The van der Waals surface area contributed by atoms with Crippen LogP contribution in [0.15, 0.2) is 36.4 Å². The smallest absolute Gasteiger partial charge is 0.326 e. The second kappa shape index (κ2) is 6.63. The van der Waals surface area contributed by atoms with E-state index in [1.165, 1.54) is 17.0 Å². The molecule has 4 nitrogen and oxygen atoms in total. The van der Waals surface area contributed by atoms with Gasteiger partial charge < -0.3 is 5.11 Å². The predicted octanol–water partition coefficient (Wildman–Crippen LogP) is 3.77. The summed E-state index contributed by atoms with van der Waals surface area (Å²) in [7, 11) is 0. The second-order valence-corrected chi connectivity index (χ2v) is 5.99. The maximum atomic E-state index is 14.0. The highest BCUT2D eigenvalue weighted by molar-refractivity contribution is 6.01. The summed E-state index contributed by atoms with van der Waals surface area (Å²) in [6, 6.07) is 7.43. The molecule has 1 atom stereocenters. The van der Waals surface area contributed by atoms with Crippen LogP contribution in [0.1, 0.15) is 25.3 Å². The Balaban J connectivity index is 2.06. The number of hydrogen-bond acceptors (Lipinski definition) is 2. The lowest BCUT2D eigenvalue weighted by Crippen LogP contribution is -2.47. The van der Waals surface area contributed by atoms with Crippen LogP contribution in [0.5, 0.6) is 0 Å². The summed E-state index contributed by atoms with van der Waals surface area (Å²) in [6.45, 7) is 1.71. The molecule has 3 rings (SSSR count). The molecule has 1 unspecified atom stereocenters. The van der Waals surface area contributed by atoms with Crippen LogP contribution in [-0.4, -0.2) is 23.0 Å². The van der Waals surface area contributed by atoms with E-state index >= 15 is 0 Å². The average molecular weight is 345 g/mol. The van der Waals surface area contributed by atoms with Crippen LogP contribution in [0.3, 0.4) is 0 Å². The number of aryl methyl sites for hydroxylation is 1. The van der Waals surface area contributed by atoms with Gasteiger partial charge in [0.15, 0.2) is 0 Å². The third-order valence-corrected chi connectivity index (χ3v) is 4.44. The fraction of sp³-hybridized carbons (Fsp3) is 0.263. The number of carbonyl (C=O) groups excluding carboxylic acids is 1. The molecule has 1 amide bonds. The van der Waals surface area contributed by atoms with E-state index in [0.717, 1.165) is 11.6 Å². The lowest BCUT2D eigenvalue weighted by atomic mass is 9.94. The van der Waals surface area contributed by atoms with Crippen LogP contribution in [0.4, 0.5) is 14.5 Å². The molecule has 0 saturated carbocycles. The molecular formula is C19H17F2NO3. The largest absolute Gasteiger partial charge is 0.480 e. The van der Waals surface area contributed by atoms with Gasteiger partial charge in [-0.25, -0.2) is 13.6 Å². The molecule has 0 aliphatic carbocycles. The van der Waals surface area contributed by atoms with Crippen molar-refractivity contribution in [2.24, 2.45) is 0 Å². The monoisotopic (exact) mass is 345 g/mol. The molecule has 2 aromatic carbocycles. The molecule has 0 spiro atoms. The van der Waals surface area contributed by atoms with Crippen molar-refractivity contribution >= 4 is 17.6 Å². The van der Waals surface area contributed by atoms with Crippen LogP contribution < -0.4 is 4.90 Å². The summed E-state index contributed by atoms with van der Waals surface area (Å²) >= 11 is 0. The first-order valence-electron chi connectivity index (χ1n) is 8.05. The second-order valence-electron chi connectivity index (χ2n) is 5.99. The number of rotatable bonds is 4. The van der Waals surface area contributed by atoms with E-state index in [1.54, 1.807) is 25.1 Å². The third kappa shape index (κ3) is 3.12. The minimum atomic E-state index is -1.06. The normalized spacial score (nSPS) is 15.0. The van der Waals surface area contributed by atoms with E-state index < -0.39 is 23.6 Å². The van der Waals surface area contributed by atoms with Crippen molar-refractivity contribution in [2.45, 2.75) is 32.2 Å². The summed E-state index contributed by atoms with van der Waals surface area (Å²) in [4.78, 5) is 25.1. The molecule has 1 heterocycles. The number of amides is 1. The summed E-state index contributed by atoms with van der Waals surface area (Å²) in [5.41, 5.74) is 2.14. The number of benzene rings is 2. The van der Waals surface area contributed by atoms with Gasteiger partial charge >= 0.3 is 5.97 Å². The van der Waals surface area contributed by atoms with Gasteiger partial charge in [-0.15, -0.1) is 0 Å². The Kier molecular flexibility index (Phi) is 4.53. The summed E-state index contributed by atoms with van der Waals surface area (Å²) in [5, 5.41) is 9.38. The van der Waals surface area contributed by atoms with E-state index in [-0.39, 0.29) is 24.3 Å². The standard InChI is InChI=1S/C19H17F2NO3/c1-2-16(19(24)25)22-17-7-3-11(9-12(17)4-8-18(22)23)14-6-5-13(20)10-15(14)21/h3,5-7,9-10,16H,2,4,8H2,1H3,(H,24,25). The van der Waals surface area contributed by atoms with Crippen LogP contribution in [0.2, 0.25) is 0 Å². The first-order valence-corrected chi connectivity index (χ1v) is 8.05. The molecule has 0 aromatic heterocycles. The van der Waals surface area contributed by atoms with Crippen LogP contribution >= 0.6 is 0 Å². The Morgan fingerprint density at radius 1 is 1.20 bits per heavy atom. The van der Waals surface area contributed by atoms with Gasteiger partial charge in [-0.1, -0.05) is 13.0 Å². The molecule has 130 valence electrons. The number of aliphatic carboxylic acids is 1. The Bertz CT molecular complexity index is 851. The van der Waals surface area contributed by atoms with Gasteiger partial charge in [0, 0.05) is 23.7 Å². The number of nitrogens with zero attached hydrogens (tertiary/aromatic N) is 1. The molecule has 1 aliphatic rings. The number of carbonyl (C=O) groups is 2. The van der Waals surface area contributed by atoms with Crippen LogP contribution in [0, 0.1) is 11.6 Å². The van der Waals surface area contributed by atoms with Gasteiger partial charge in [0.05, 0.1) is 0 Å². The first-order chi connectivity index (χ1) is 11.9. The van der Waals surface area contributed by atoms with E-state index in [2.05, 4.69) is 0 Å². The Labute approximate surface area is 143 Å². The van der Waals surface area contributed by atoms with Crippen molar-refractivity contribution in [3.05, 3.63) is 53.6 Å². The van der Waals surface area contributed by atoms with Crippen LogP contribution in [-0.2, 0) is 16.0 Å². The van der Waals surface area contributed by atoms with Crippen molar-refractivity contribution in [2.75, 3.05) is 4.90 Å². The lowest BCUT2D eigenvalue weighted by Gasteiger charge is -2.33. The molecule has 1 N–H and O–H groups in total. The van der Waals surface area contributed by atoms with Gasteiger partial charge in [-0.05, 0) is 48.2 Å². The zero-order chi connectivity index (χ0) is 18.1. The Morgan fingerprint density at radius 3 is 2.60 bits per heavy atom. The van der Waals surface area contributed by atoms with E-state index in [1.807, 2.05) is 0 Å². The molecule has 0 fully saturated rings. The Hall–Kier alpha value is -2.76. The zero-order valence-electron chi connectivity index (χ0n) is 13.6. The zero-order valence-corrected chi connectivity index (χ0v) is 13.6. The van der Waals surface area contributed by atoms with Crippen molar-refractivity contribution in [1.82, 2.24) is 0 Å². The third-order valence-electron chi connectivity index (χ3n) is 4.44. The highest BCUT2D eigenvalue weighted by atomic mass is 19.1. The Morgan fingerprint density at radius 2 is 1.96 bits per heavy atom. The molecule has 6 heteroatoms. The molecule has 1 aliphatic heterocycles. The van der Waals surface area contributed by atoms with Crippen molar-refractivity contribution in [1.29, 1.82) is 0 Å². The van der Waals surface area contributed by atoms with Gasteiger partial charge in [0.25, 0.3) is 0 Å². The number of fused-ring (bicyclic) bond motifs is 1. The van der Waals surface area contributed by atoms with Gasteiger partial charge in [-0.3, -0.25) is 9.69 Å². The molecule has 0 radical (unpaired) electrons. The van der Waals surface area contributed by atoms with E-state index in [9.17, 15) is 23.5 Å².